The average molecular weight is 342 g/mol. The Bertz CT molecular complexity index is 690. The van der Waals surface area contributed by atoms with Crippen LogP contribution >= 0.6 is 0 Å². The number of sulfonamides is 1. The molecule has 2 atom stereocenters. The molecule has 0 unspecified atom stereocenters. The molecule has 9 heteroatoms. The summed E-state index contributed by atoms with van der Waals surface area (Å²) in [5, 5.41) is 11.6. The highest BCUT2D eigenvalue weighted by atomic mass is 32.2. The van der Waals surface area contributed by atoms with Gasteiger partial charge in [0.1, 0.15) is 4.90 Å². The average Bonchev–Trinajstić information content (AvgIpc) is 2.91. The van der Waals surface area contributed by atoms with Gasteiger partial charge in [0.25, 0.3) is 5.91 Å². The zero-order valence-corrected chi connectivity index (χ0v) is 14.0. The summed E-state index contributed by atoms with van der Waals surface area (Å²) in [6, 6.07) is 1.19. The molecule has 0 aliphatic carbocycles. The van der Waals surface area contributed by atoms with Gasteiger partial charge in [-0.15, -0.1) is 0 Å². The lowest BCUT2D eigenvalue weighted by Gasteiger charge is -2.21. The van der Waals surface area contributed by atoms with E-state index in [4.69, 9.17) is 10.8 Å². The Hall–Kier alpha value is -1.71. The van der Waals surface area contributed by atoms with Crippen LogP contribution in [0.2, 0.25) is 0 Å². The smallest absolute Gasteiger partial charge is 0.272 e. The van der Waals surface area contributed by atoms with Crippen molar-refractivity contribution in [3.8, 4) is 0 Å². The van der Waals surface area contributed by atoms with Gasteiger partial charge in [0.05, 0.1) is 11.8 Å². The zero-order valence-electron chi connectivity index (χ0n) is 13.2. The van der Waals surface area contributed by atoms with Crippen LogP contribution in [0, 0.1) is 0 Å². The summed E-state index contributed by atoms with van der Waals surface area (Å²) >= 11 is 0. The van der Waals surface area contributed by atoms with Crippen LogP contribution in [0.4, 0.5) is 5.69 Å². The number of nitrogens with zero attached hydrogens (tertiary/aromatic N) is 2. The summed E-state index contributed by atoms with van der Waals surface area (Å²) in [4.78, 5) is 15.8. The second-order valence-electron chi connectivity index (χ2n) is 5.77. The monoisotopic (exact) mass is 342 g/mol. The first kappa shape index (κ1) is 17.6. The Balaban J connectivity index is 2.23. The molecule has 0 bridgehead atoms. The largest absolute Gasteiger partial charge is 0.397 e. The minimum absolute atomic E-state index is 0.0129. The fourth-order valence-corrected chi connectivity index (χ4v) is 4.20. The van der Waals surface area contributed by atoms with Gasteiger partial charge < -0.3 is 16.2 Å². The summed E-state index contributed by atoms with van der Waals surface area (Å²) < 4.78 is 26.6. The van der Waals surface area contributed by atoms with Crippen LogP contribution in [0.15, 0.2) is 17.2 Å². The minimum Gasteiger partial charge on any atom is -0.397 e. The van der Waals surface area contributed by atoms with E-state index in [-0.39, 0.29) is 28.9 Å². The summed E-state index contributed by atoms with van der Waals surface area (Å²) in [7, 11) is -3.66. The highest BCUT2D eigenvalue weighted by Crippen LogP contribution is 2.26. The van der Waals surface area contributed by atoms with Crippen molar-refractivity contribution < 1.29 is 18.3 Å². The van der Waals surface area contributed by atoms with Crippen LogP contribution in [-0.4, -0.2) is 54.0 Å². The van der Waals surface area contributed by atoms with E-state index >= 15 is 0 Å². The number of rotatable bonds is 5. The highest BCUT2D eigenvalue weighted by molar-refractivity contribution is 7.89. The number of aliphatic hydroxyl groups excluding tert-OH is 1. The van der Waals surface area contributed by atoms with E-state index in [9.17, 15) is 13.2 Å². The van der Waals surface area contributed by atoms with Gasteiger partial charge in [-0.25, -0.2) is 13.4 Å². The van der Waals surface area contributed by atoms with Gasteiger partial charge in [-0.1, -0.05) is 0 Å². The number of nitrogens with one attached hydrogen (secondary N) is 1. The molecule has 0 spiro atoms. The van der Waals surface area contributed by atoms with E-state index < -0.39 is 22.0 Å². The highest BCUT2D eigenvalue weighted by Gasteiger charge is 2.33. The Kier molecular flexibility index (Phi) is 5.23. The molecular weight excluding hydrogens is 320 g/mol. The predicted octanol–water partition coefficient (Wildman–Crippen LogP) is -0.0526. The number of carbonyl (C=O) groups excluding carboxylic acids is 1. The van der Waals surface area contributed by atoms with E-state index in [1.54, 1.807) is 0 Å². The molecule has 0 radical (unpaired) electrons. The molecule has 1 aromatic heterocycles. The van der Waals surface area contributed by atoms with Crippen molar-refractivity contribution in [2.24, 2.45) is 0 Å². The molecule has 1 aliphatic rings. The third kappa shape index (κ3) is 3.80. The van der Waals surface area contributed by atoms with E-state index in [0.29, 0.717) is 6.54 Å². The van der Waals surface area contributed by atoms with Crippen molar-refractivity contribution in [3.05, 3.63) is 18.0 Å². The summed E-state index contributed by atoms with van der Waals surface area (Å²) in [6.07, 6.45) is 2.09. The molecule has 1 aromatic rings. The molecule has 1 aliphatic heterocycles. The Morgan fingerprint density at radius 1 is 1.61 bits per heavy atom. The molecule has 1 fully saturated rings. The molecule has 1 amide bonds. The fourth-order valence-electron chi connectivity index (χ4n) is 2.52. The number of hydrogen-bond donors (Lipinski definition) is 3. The van der Waals surface area contributed by atoms with E-state index in [1.807, 2.05) is 6.92 Å². The van der Waals surface area contributed by atoms with Gasteiger partial charge in [0.15, 0.2) is 5.69 Å². The molecule has 2 rings (SSSR count). The van der Waals surface area contributed by atoms with Crippen molar-refractivity contribution >= 4 is 21.6 Å². The lowest BCUT2D eigenvalue weighted by atomic mass is 10.3. The van der Waals surface area contributed by atoms with Crippen LogP contribution < -0.4 is 11.1 Å². The third-order valence-corrected chi connectivity index (χ3v) is 5.74. The van der Waals surface area contributed by atoms with Gasteiger partial charge in [-0.2, -0.15) is 4.31 Å². The van der Waals surface area contributed by atoms with E-state index in [0.717, 1.165) is 19.0 Å². The molecule has 8 nitrogen and oxygen atoms in total. The molecule has 4 N–H and O–H groups in total. The van der Waals surface area contributed by atoms with E-state index in [2.05, 4.69) is 10.3 Å². The number of aromatic nitrogens is 1. The number of hydrogen-bond acceptors (Lipinski definition) is 6. The van der Waals surface area contributed by atoms with Crippen LogP contribution in [0.5, 0.6) is 0 Å². The first-order valence-corrected chi connectivity index (χ1v) is 8.91. The molecular formula is C14H22N4O4S. The van der Waals surface area contributed by atoms with Crippen LogP contribution in [-0.2, 0) is 10.0 Å². The molecule has 2 heterocycles. The number of carbonyl (C=O) groups is 1. The van der Waals surface area contributed by atoms with Gasteiger partial charge in [0, 0.05) is 25.3 Å². The molecule has 128 valence electrons. The van der Waals surface area contributed by atoms with Crippen molar-refractivity contribution in [3.63, 3.8) is 0 Å². The second-order valence-corrected chi connectivity index (χ2v) is 7.67. The van der Waals surface area contributed by atoms with Gasteiger partial charge in [0.2, 0.25) is 10.0 Å². The SMILES string of the molecule is C[C@H](O)CNC(=O)c1ncc(S(=O)(=O)N2CCC[C@@H]2C)cc1N. The van der Waals surface area contributed by atoms with Crippen molar-refractivity contribution in [1.29, 1.82) is 0 Å². The van der Waals surface area contributed by atoms with Gasteiger partial charge >= 0.3 is 0 Å². The molecule has 23 heavy (non-hydrogen) atoms. The van der Waals surface area contributed by atoms with Crippen molar-refractivity contribution in [1.82, 2.24) is 14.6 Å². The van der Waals surface area contributed by atoms with Gasteiger partial charge in [-0.3, -0.25) is 4.79 Å². The van der Waals surface area contributed by atoms with E-state index in [1.165, 1.54) is 17.3 Å². The first-order chi connectivity index (χ1) is 10.7. The fraction of sp³-hybridized carbons (Fsp3) is 0.571. The molecule has 0 aromatic carbocycles. The lowest BCUT2D eigenvalue weighted by molar-refractivity contribution is 0.0920. The summed E-state index contributed by atoms with van der Waals surface area (Å²) in [5.74, 6) is -0.554. The Morgan fingerprint density at radius 2 is 2.30 bits per heavy atom. The summed E-state index contributed by atoms with van der Waals surface area (Å²) in [5.41, 5.74) is 5.72. The maximum absolute atomic E-state index is 12.6. The minimum atomic E-state index is -3.66. The quantitative estimate of drug-likeness (QED) is 0.689. The predicted molar refractivity (Wildman–Crippen MR) is 85.3 cm³/mol. The second kappa shape index (κ2) is 6.81. The molecule has 0 saturated carbocycles. The topological polar surface area (TPSA) is 126 Å². The number of nitrogen functional groups attached to an aromatic ring is 1. The normalized spacial score (nSPS) is 20.4. The summed E-state index contributed by atoms with van der Waals surface area (Å²) in [6.45, 7) is 3.93. The van der Waals surface area contributed by atoms with Crippen LogP contribution in [0.1, 0.15) is 37.2 Å². The number of amides is 1. The first-order valence-electron chi connectivity index (χ1n) is 7.47. The zero-order chi connectivity index (χ0) is 17.2. The van der Waals surface area contributed by atoms with Crippen LogP contribution in [0.3, 0.4) is 0 Å². The Labute approximate surface area is 135 Å². The van der Waals surface area contributed by atoms with Crippen molar-refractivity contribution in [2.75, 3.05) is 18.8 Å². The number of nitrogens with two attached hydrogens (primary N) is 1. The standard InChI is InChI=1S/C14H22N4O4S/c1-9-4-3-5-18(9)23(21,22)11-6-12(15)13(16-8-11)14(20)17-7-10(2)19/h6,8-10,19H,3-5,7,15H2,1-2H3,(H,17,20)/t9-,10-/m0/s1. The number of aliphatic hydroxyl groups is 1. The van der Waals surface area contributed by atoms with Gasteiger partial charge in [-0.05, 0) is 32.8 Å². The Morgan fingerprint density at radius 3 is 2.83 bits per heavy atom. The maximum Gasteiger partial charge on any atom is 0.272 e. The third-order valence-electron chi connectivity index (χ3n) is 3.76. The van der Waals surface area contributed by atoms with Crippen LogP contribution in [0.25, 0.3) is 0 Å². The maximum atomic E-state index is 12.6. The lowest BCUT2D eigenvalue weighted by Crippen LogP contribution is -2.34. The number of pyridine rings is 1. The van der Waals surface area contributed by atoms with Crippen molar-refractivity contribution in [2.45, 2.75) is 43.7 Å². The number of anilines is 1. The molecule has 1 saturated heterocycles.